The fraction of sp³-hybridized carbons (Fsp3) is 0.643. The van der Waals surface area contributed by atoms with E-state index in [-0.39, 0.29) is 0 Å². The van der Waals surface area contributed by atoms with Crippen molar-refractivity contribution < 1.29 is 0 Å². The summed E-state index contributed by atoms with van der Waals surface area (Å²) < 4.78 is 2.23. The van der Waals surface area contributed by atoms with Gasteiger partial charge in [0, 0.05) is 30.7 Å². The second kappa shape index (κ2) is 5.13. The Balaban J connectivity index is 2.00. The molecule has 2 heterocycles. The molecule has 3 rings (SSSR count). The number of fused-ring (bicyclic) bond motifs is 1. The monoisotopic (exact) mass is 278 g/mol. The number of imidazole rings is 1. The summed E-state index contributed by atoms with van der Waals surface area (Å²) >= 11 is 1.71. The largest absolute Gasteiger partial charge is 0.352 e. The average Bonchev–Trinajstić information content (AvgIpc) is 3.00. The summed E-state index contributed by atoms with van der Waals surface area (Å²) in [7, 11) is 2.00. The van der Waals surface area contributed by atoms with E-state index >= 15 is 0 Å². The van der Waals surface area contributed by atoms with Crippen LogP contribution in [-0.4, -0.2) is 29.0 Å². The molecule has 0 aromatic carbocycles. The molecule has 2 aromatic rings. The Morgan fingerprint density at radius 1 is 1.53 bits per heavy atom. The number of thiazole rings is 1. The molecule has 5 heteroatoms. The third-order valence-electron chi connectivity index (χ3n) is 3.51. The van der Waals surface area contributed by atoms with Crippen molar-refractivity contribution in [3.63, 3.8) is 0 Å². The van der Waals surface area contributed by atoms with Crippen molar-refractivity contribution in [3.05, 3.63) is 17.3 Å². The first kappa shape index (κ1) is 12.9. The fourth-order valence-corrected chi connectivity index (χ4v) is 3.30. The van der Waals surface area contributed by atoms with Crippen molar-refractivity contribution in [1.82, 2.24) is 14.7 Å². The van der Waals surface area contributed by atoms with E-state index in [4.69, 9.17) is 4.98 Å². The number of aromatic nitrogens is 2. The van der Waals surface area contributed by atoms with Gasteiger partial charge in [-0.1, -0.05) is 13.8 Å². The molecular weight excluding hydrogens is 256 g/mol. The van der Waals surface area contributed by atoms with Crippen LogP contribution in [0.15, 0.2) is 11.6 Å². The smallest absolute Gasteiger partial charge is 0.195 e. The quantitative estimate of drug-likeness (QED) is 0.882. The minimum atomic E-state index is 0.669. The maximum atomic E-state index is 4.87. The van der Waals surface area contributed by atoms with Crippen LogP contribution in [0.25, 0.3) is 4.96 Å². The second-order valence-electron chi connectivity index (χ2n) is 5.75. The molecule has 0 atom stereocenters. The molecule has 1 aliphatic rings. The minimum Gasteiger partial charge on any atom is -0.352 e. The van der Waals surface area contributed by atoms with Crippen molar-refractivity contribution in [2.45, 2.75) is 39.3 Å². The topological polar surface area (TPSA) is 32.6 Å². The van der Waals surface area contributed by atoms with Gasteiger partial charge < -0.3 is 10.2 Å². The number of nitrogens with one attached hydrogen (secondary N) is 1. The highest BCUT2D eigenvalue weighted by atomic mass is 32.1. The number of hydrogen-bond acceptors (Lipinski definition) is 4. The lowest BCUT2D eigenvalue weighted by molar-refractivity contribution is 0.600. The Labute approximate surface area is 118 Å². The molecule has 104 valence electrons. The minimum absolute atomic E-state index is 0.669. The summed E-state index contributed by atoms with van der Waals surface area (Å²) in [6, 6.07) is 0.711. The Bertz CT molecular complexity index is 553. The van der Waals surface area contributed by atoms with E-state index in [1.165, 1.54) is 24.4 Å². The van der Waals surface area contributed by atoms with Gasteiger partial charge in [0.15, 0.2) is 10.8 Å². The molecule has 0 aliphatic heterocycles. The van der Waals surface area contributed by atoms with Gasteiger partial charge in [-0.2, -0.15) is 0 Å². The summed E-state index contributed by atoms with van der Waals surface area (Å²) in [5, 5.41) is 5.38. The maximum Gasteiger partial charge on any atom is 0.195 e. The summed E-state index contributed by atoms with van der Waals surface area (Å²) in [6.07, 6.45) is 4.76. The van der Waals surface area contributed by atoms with Gasteiger partial charge in [-0.25, -0.2) is 4.98 Å². The van der Waals surface area contributed by atoms with Gasteiger partial charge in [-0.3, -0.25) is 4.40 Å². The van der Waals surface area contributed by atoms with Crippen molar-refractivity contribution in [2.24, 2.45) is 5.92 Å². The predicted octanol–water partition coefficient (Wildman–Crippen LogP) is 2.74. The maximum absolute atomic E-state index is 4.87. The standard InChI is InChI=1S/C14H22N4S/c1-10(2)9-18(11-4-5-11)13-12(8-15-3)17-6-7-19-14(17)16-13/h6-7,10-11,15H,4-5,8-9H2,1-3H3. The third-order valence-corrected chi connectivity index (χ3v) is 4.26. The molecule has 0 bridgehead atoms. The zero-order chi connectivity index (χ0) is 13.4. The molecule has 1 N–H and O–H groups in total. The van der Waals surface area contributed by atoms with Crippen LogP contribution in [0.3, 0.4) is 0 Å². The van der Waals surface area contributed by atoms with E-state index in [9.17, 15) is 0 Å². The molecule has 0 saturated heterocycles. The van der Waals surface area contributed by atoms with Gasteiger partial charge in [0.05, 0.1) is 5.69 Å². The first-order chi connectivity index (χ1) is 9.20. The van der Waals surface area contributed by atoms with Crippen molar-refractivity contribution >= 4 is 22.1 Å². The third kappa shape index (κ3) is 2.49. The summed E-state index contributed by atoms with van der Waals surface area (Å²) in [5.41, 5.74) is 1.30. The Hall–Kier alpha value is -1.07. The van der Waals surface area contributed by atoms with Crippen molar-refractivity contribution in [1.29, 1.82) is 0 Å². The lowest BCUT2D eigenvalue weighted by Gasteiger charge is -2.25. The molecule has 0 spiro atoms. The van der Waals surface area contributed by atoms with Crippen molar-refractivity contribution in [3.8, 4) is 0 Å². The van der Waals surface area contributed by atoms with Crippen LogP contribution >= 0.6 is 11.3 Å². The van der Waals surface area contributed by atoms with Crippen LogP contribution < -0.4 is 10.2 Å². The number of rotatable bonds is 6. The molecule has 0 unspecified atom stereocenters. The van der Waals surface area contributed by atoms with E-state index < -0.39 is 0 Å². The number of nitrogens with zero attached hydrogens (tertiary/aromatic N) is 3. The first-order valence-electron chi connectivity index (χ1n) is 7.06. The van der Waals surface area contributed by atoms with Crippen LogP contribution in [0, 0.1) is 5.92 Å². The van der Waals surface area contributed by atoms with Gasteiger partial charge in [-0.05, 0) is 25.8 Å². The summed E-state index contributed by atoms with van der Waals surface area (Å²) in [4.78, 5) is 8.50. The van der Waals surface area contributed by atoms with Crippen LogP contribution in [-0.2, 0) is 6.54 Å². The molecule has 2 aromatic heterocycles. The highest BCUT2D eigenvalue weighted by Gasteiger charge is 2.32. The molecule has 0 radical (unpaired) electrons. The zero-order valence-corrected chi connectivity index (χ0v) is 12.7. The van der Waals surface area contributed by atoms with Crippen LogP contribution in [0.2, 0.25) is 0 Å². The summed E-state index contributed by atoms with van der Waals surface area (Å²) in [5.74, 6) is 1.86. The van der Waals surface area contributed by atoms with Gasteiger partial charge >= 0.3 is 0 Å². The van der Waals surface area contributed by atoms with Gasteiger partial charge in [0.25, 0.3) is 0 Å². The molecule has 0 amide bonds. The average molecular weight is 278 g/mol. The fourth-order valence-electron chi connectivity index (χ4n) is 2.57. The predicted molar refractivity (Wildman–Crippen MR) is 81.0 cm³/mol. The van der Waals surface area contributed by atoms with Crippen LogP contribution in [0.1, 0.15) is 32.4 Å². The molecule has 1 saturated carbocycles. The van der Waals surface area contributed by atoms with Crippen molar-refractivity contribution in [2.75, 3.05) is 18.5 Å². The molecule has 1 aliphatic carbocycles. The van der Waals surface area contributed by atoms with E-state index in [1.54, 1.807) is 11.3 Å². The lowest BCUT2D eigenvalue weighted by Crippen LogP contribution is -2.31. The molecule has 1 fully saturated rings. The highest BCUT2D eigenvalue weighted by molar-refractivity contribution is 7.15. The zero-order valence-electron chi connectivity index (χ0n) is 11.9. The number of anilines is 1. The molecular formula is C14H22N4S. The lowest BCUT2D eigenvalue weighted by atomic mass is 10.2. The van der Waals surface area contributed by atoms with Gasteiger partial charge in [0.1, 0.15) is 0 Å². The second-order valence-corrected chi connectivity index (χ2v) is 6.62. The SMILES string of the molecule is CNCc1c(N(CC(C)C)C2CC2)nc2sccn12. The van der Waals surface area contributed by atoms with Crippen LogP contribution in [0.5, 0.6) is 0 Å². The van der Waals surface area contributed by atoms with E-state index in [0.717, 1.165) is 18.1 Å². The highest BCUT2D eigenvalue weighted by Crippen LogP contribution is 2.35. The van der Waals surface area contributed by atoms with Crippen LogP contribution in [0.4, 0.5) is 5.82 Å². The molecule has 4 nitrogen and oxygen atoms in total. The van der Waals surface area contributed by atoms with E-state index in [0.29, 0.717) is 12.0 Å². The Morgan fingerprint density at radius 2 is 2.32 bits per heavy atom. The molecule has 19 heavy (non-hydrogen) atoms. The van der Waals surface area contributed by atoms with Gasteiger partial charge in [-0.15, -0.1) is 11.3 Å². The number of hydrogen-bond donors (Lipinski definition) is 1. The normalized spacial score (nSPS) is 15.6. The Kier molecular flexibility index (Phi) is 3.50. The summed E-state index contributed by atoms with van der Waals surface area (Å²) in [6.45, 7) is 6.54. The van der Waals surface area contributed by atoms with E-state index in [1.807, 2.05) is 7.05 Å². The van der Waals surface area contributed by atoms with Gasteiger partial charge in [0.2, 0.25) is 0 Å². The Morgan fingerprint density at radius 3 is 2.95 bits per heavy atom. The van der Waals surface area contributed by atoms with E-state index in [2.05, 4.69) is 40.0 Å². The first-order valence-corrected chi connectivity index (χ1v) is 7.94.